The van der Waals surface area contributed by atoms with Gasteiger partial charge in [0, 0.05) is 35.7 Å². The van der Waals surface area contributed by atoms with Crippen molar-refractivity contribution in [3.63, 3.8) is 0 Å². The molecular weight excluding hydrogens is 310 g/mol. The molecule has 1 saturated heterocycles. The summed E-state index contributed by atoms with van der Waals surface area (Å²) in [6, 6.07) is 5.98. The highest BCUT2D eigenvalue weighted by atomic mass is 16.6. The van der Waals surface area contributed by atoms with Crippen LogP contribution in [0.25, 0.3) is 0 Å². The summed E-state index contributed by atoms with van der Waals surface area (Å²) in [5, 5.41) is 13.3. The predicted octanol–water partition coefficient (Wildman–Crippen LogP) is 2.31. The highest BCUT2D eigenvalue weighted by Gasteiger charge is 2.53. The average Bonchev–Trinajstić information content (AvgIpc) is 3.39. The zero-order valence-electron chi connectivity index (χ0n) is 13.4. The third-order valence-corrected chi connectivity index (χ3v) is 4.66. The number of hydrogen-bond donors (Lipinski definition) is 1. The van der Waals surface area contributed by atoms with Gasteiger partial charge in [0.15, 0.2) is 0 Å². The van der Waals surface area contributed by atoms with Gasteiger partial charge in [-0.25, -0.2) is 0 Å². The summed E-state index contributed by atoms with van der Waals surface area (Å²) >= 11 is 0. The van der Waals surface area contributed by atoms with Gasteiger partial charge in [0.2, 0.25) is 11.9 Å². The van der Waals surface area contributed by atoms with Crippen molar-refractivity contribution < 1.29 is 14.5 Å². The van der Waals surface area contributed by atoms with Crippen molar-refractivity contribution in [3.8, 4) is 0 Å². The Hall–Kier alpha value is -2.44. The lowest BCUT2D eigenvalue weighted by Gasteiger charge is -2.20. The highest BCUT2D eigenvalue weighted by molar-refractivity contribution is 5.97. The molecule has 0 radical (unpaired) electrons. The Morgan fingerprint density at radius 3 is 2.25 bits per heavy atom. The molecule has 2 aliphatic rings. The summed E-state index contributed by atoms with van der Waals surface area (Å²) in [6.45, 7) is 1.59. The number of likely N-dealkylation sites (tertiary alicyclic amines) is 1. The van der Waals surface area contributed by atoms with E-state index in [1.54, 1.807) is 24.3 Å². The molecule has 0 aromatic heterocycles. The molecule has 3 rings (SSSR count). The lowest BCUT2D eigenvalue weighted by Crippen LogP contribution is -2.31. The van der Waals surface area contributed by atoms with Gasteiger partial charge in [-0.15, -0.1) is 0 Å². The van der Waals surface area contributed by atoms with Crippen molar-refractivity contribution in [2.24, 2.45) is 5.92 Å². The third-order valence-electron chi connectivity index (χ3n) is 4.66. The lowest BCUT2D eigenvalue weighted by atomic mass is 10.1. The van der Waals surface area contributed by atoms with Crippen LogP contribution in [0.4, 0.5) is 5.69 Å². The highest BCUT2D eigenvalue weighted by Crippen LogP contribution is 2.34. The number of benzene rings is 1. The van der Waals surface area contributed by atoms with Crippen molar-refractivity contribution >= 4 is 17.5 Å². The SMILES string of the molecule is O=C(Nc1ccc(C(=O)N2CCCCCC2)cc1)[C@H]1C[C@H]1[N+](=O)[O-]. The van der Waals surface area contributed by atoms with Gasteiger partial charge in [0.25, 0.3) is 5.91 Å². The summed E-state index contributed by atoms with van der Waals surface area (Å²) in [7, 11) is 0. The molecule has 24 heavy (non-hydrogen) atoms. The van der Waals surface area contributed by atoms with Crippen molar-refractivity contribution in [1.82, 2.24) is 4.90 Å². The van der Waals surface area contributed by atoms with Crippen molar-refractivity contribution in [2.45, 2.75) is 38.1 Å². The van der Waals surface area contributed by atoms with Crippen LogP contribution in [0.1, 0.15) is 42.5 Å². The number of carbonyl (C=O) groups excluding carboxylic acids is 2. The van der Waals surface area contributed by atoms with Crippen LogP contribution in [-0.2, 0) is 4.79 Å². The standard InChI is InChI=1S/C17H21N3O4/c21-16(14-11-15(14)20(23)24)18-13-7-5-12(6-8-13)17(22)19-9-3-1-2-4-10-19/h5-8,14-15H,1-4,9-11H2,(H,18,21)/t14-,15+/m0/s1. The Labute approximate surface area is 140 Å². The molecule has 7 nitrogen and oxygen atoms in total. The summed E-state index contributed by atoms with van der Waals surface area (Å²) < 4.78 is 0. The Kier molecular flexibility index (Phi) is 4.78. The molecule has 1 N–H and O–H groups in total. The van der Waals surface area contributed by atoms with E-state index in [0.29, 0.717) is 17.7 Å². The smallest absolute Gasteiger partial charge is 0.253 e. The number of carbonyl (C=O) groups is 2. The molecule has 1 saturated carbocycles. The molecule has 1 aliphatic carbocycles. The minimum absolute atomic E-state index is 0.0189. The number of amides is 2. The van der Waals surface area contributed by atoms with E-state index in [4.69, 9.17) is 0 Å². The fourth-order valence-corrected chi connectivity index (χ4v) is 3.08. The normalized spacial score (nSPS) is 23.2. The monoisotopic (exact) mass is 331 g/mol. The maximum Gasteiger partial charge on any atom is 0.253 e. The lowest BCUT2D eigenvalue weighted by molar-refractivity contribution is -0.497. The van der Waals surface area contributed by atoms with Crippen LogP contribution < -0.4 is 5.32 Å². The van der Waals surface area contributed by atoms with Crippen LogP contribution in [0, 0.1) is 16.0 Å². The average molecular weight is 331 g/mol. The number of rotatable bonds is 4. The second kappa shape index (κ2) is 6.98. The van der Waals surface area contributed by atoms with Gasteiger partial charge < -0.3 is 10.2 Å². The minimum atomic E-state index is -0.756. The molecule has 7 heteroatoms. The minimum Gasteiger partial charge on any atom is -0.339 e. The first-order valence-electron chi connectivity index (χ1n) is 8.40. The quantitative estimate of drug-likeness (QED) is 0.677. The van der Waals surface area contributed by atoms with E-state index < -0.39 is 16.9 Å². The van der Waals surface area contributed by atoms with Crippen molar-refractivity contribution in [2.75, 3.05) is 18.4 Å². The summed E-state index contributed by atoms with van der Waals surface area (Å²) in [4.78, 5) is 36.5. The number of nitrogens with one attached hydrogen (secondary N) is 1. The molecule has 0 bridgehead atoms. The first-order valence-corrected chi connectivity index (χ1v) is 8.40. The zero-order chi connectivity index (χ0) is 17.1. The van der Waals surface area contributed by atoms with Gasteiger partial charge >= 0.3 is 0 Å². The predicted molar refractivity (Wildman–Crippen MR) is 88.3 cm³/mol. The van der Waals surface area contributed by atoms with Crippen LogP contribution in [0.3, 0.4) is 0 Å². The molecule has 2 atom stereocenters. The van der Waals surface area contributed by atoms with Gasteiger partial charge in [-0.05, 0) is 37.1 Å². The second-order valence-corrected chi connectivity index (χ2v) is 6.47. The van der Waals surface area contributed by atoms with Crippen LogP contribution >= 0.6 is 0 Å². The van der Waals surface area contributed by atoms with E-state index in [1.165, 1.54) is 12.8 Å². The Balaban J connectivity index is 1.58. The van der Waals surface area contributed by atoms with E-state index >= 15 is 0 Å². The van der Waals surface area contributed by atoms with Gasteiger partial charge in [0.1, 0.15) is 5.92 Å². The van der Waals surface area contributed by atoms with E-state index in [0.717, 1.165) is 25.9 Å². The van der Waals surface area contributed by atoms with Crippen LogP contribution in [0.15, 0.2) is 24.3 Å². The van der Waals surface area contributed by atoms with E-state index in [9.17, 15) is 19.7 Å². The molecule has 1 aromatic rings. The Morgan fingerprint density at radius 2 is 1.71 bits per heavy atom. The Bertz CT molecular complexity index is 636. The van der Waals surface area contributed by atoms with E-state index in [-0.39, 0.29) is 11.8 Å². The van der Waals surface area contributed by atoms with Crippen LogP contribution in [0.5, 0.6) is 0 Å². The fraction of sp³-hybridized carbons (Fsp3) is 0.529. The number of nitrogens with zero attached hydrogens (tertiary/aromatic N) is 2. The van der Waals surface area contributed by atoms with Gasteiger partial charge in [0.05, 0.1) is 0 Å². The maximum absolute atomic E-state index is 12.5. The van der Waals surface area contributed by atoms with E-state index in [1.807, 2.05) is 4.90 Å². The molecule has 0 spiro atoms. The summed E-state index contributed by atoms with van der Waals surface area (Å²) in [6.07, 6.45) is 4.71. The number of anilines is 1. The fourth-order valence-electron chi connectivity index (χ4n) is 3.08. The molecule has 0 unspecified atom stereocenters. The molecule has 1 heterocycles. The molecule has 2 amide bonds. The largest absolute Gasteiger partial charge is 0.339 e. The van der Waals surface area contributed by atoms with Gasteiger partial charge in [-0.3, -0.25) is 19.7 Å². The molecule has 128 valence electrons. The Morgan fingerprint density at radius 1 is 1.08 bits per heavy atom. The maximum atomic E-state index is 12.5. The summed E-state index contributed by atoms with van der Waals surface area (Å²) in [5.41, 5.74) is 1.16. The third kappa shape index (κ3) is 3.72. The number of hydrogen-bond acceptors (Lipinski definition) is 4. The van der Waals surface area contributed by atoms with Crippen LogP contribution in [-0.4, -0.2) is 40.8 Å². The van der Waals surface area contributed by atoms with Crippen LogP contribution in [0.2, 0.25) is 0 Å². The van der Waals surface area contributed by atoms with Crippen molar-refractivity contribution in [3.05, 3.63) is 39.9 Å². The van der Waals surface area contributed by atoms with Gasteiger partial charge in [-0.1, -0.05) is 12.8 Å². The molecule has 2 fully saturated rings. The molecule has 1 aromatic carbocycles. The zero-order valence-corrected chi connectivity index (χ0v) is 13.4. The van der Waals surface area contributed by atoms with Crippen molar-refractivity contribution in [1.29, 1.82) is 0 Å². The van der Waals surface area contributed by atoms with Gasteiger partial charge in [-0.2, -0.15) is 0 Å². The summed E-state index contributed by atoms with van der Waals surface area (Å²) in [5.74, 6) is -0.855. The first kappa shape index (κ1) is 16.4. The molecular formula is C17H21N3O4. The second-order valence-electron chi connectivity index (χ2n) is 6.47. The number of nitro groups is 1. The van der Waals surface area contributed by atoms with E-state index in [2.05, 4.69) is 5.32 Å². The first-order chi connectivity index (χ1) is 11.6. The molecule has 1 aliphatic heterocycles. The topological polar surface area (TPSA) is 92.6 Å².